The Morgan fingerprint density at radius 1 is 0.939 bits per heavy atom. The number of methoxy groups -OCH3 is 2. The lowest BCUT2D eigenvalue weighted by Gasteiger charge is -2.10. The number of halogens is 1. The van der Waals surface area contributed by atoms with Crippen LogP contribution >= 0.6 is 15.9 Å². The number of hydrogen-bond donors (Lipinski definition) is 1. The summed E-state index contributed by atoms with van der Waals surface area (Å²) in [5, 5.41) is 3.91. The number of benzene rings is 3. The van der Waals surface area contributed by atoms with E-state index in [9.17, 15) is 9.59 Å². The second-order valence-corrected chi connectivity index (χ2v) is 7.48. The van der Waals surface area contributed by atoms with Crippen molar-refractivity contribution in [1.29, 1.82) is 0 Å². The Labute approximate surface area is 199 Å². The van der Waals surface area contributed by atoms with E-state index in [1.54, 1.807) is 67.8 Å². The van der Waals surface area contributed by atoms with Gasteiger partial charge in [-0.25, -0.2) is 10.2 Å². The van der Waals surface area contributed by atoms with Gasteiger partial charge in [-0.1, -0.05) is 22.0 Å². The molecule has 0 unspecified atom stereocenters. The predicted molar refractivity (Wildman–Crippen MR) is 126 cm³/mol. The number of esters is 1. The molecule has 1 N–H and O–H groups in total. The number of carbonyl (C=O) groups is 2. The van der Waals surface area contributed by atoms with Crippen molar-refractivity contribution < 1.29 is 28.5 Å². The largest absolute Gasteiger partial charge is 0.497 e. The molecule has 0 fully saturated rings. The first-order valence-corrected chi connectivity index (χ1v) is 10.5. The molecule has 8 nitrogen and oxygen atoms in total. The van der Waals surface area contributed by atoms with Crippen LogP contribution in [0.25, 0.3) is 0 Å². The van der Waals surface area contributed by atoms with E-state index in [-0.39, 0.29) is 12.4 Å². The molecular weight excluding hydrogens is 492 g/mol. The first-order valence-electron chi connectivity index (χ1n) is 9.73. The third-order valence-electron chi connectivity index (χ3n) is 4.28. The standard InChI is InChI=1S/C24H21BrN2O6/c1-30-19-7-9-20(10-8-19)32-15-23(28)27-26-14-16-6-11-21(22(12-16)31-2)33-24(29)17-4-3-5-18(25)13-17/h3-14H,15H2,1-2H3,(H,27,28)/b26-14+. The summed E-state index contributed by atoms with van der Waals surface area (Å²) in [6.45, 7) is -0.197. The Balaban J connectivity index is 1.55. The summed E-state index contributed by atoms with van der Waals surface area (Å²) in [6, 6.07) is 18.6. The minimum atomic E-state index is -0.514. The maximum atomic E-state index is 12.4. The average Bonchev–Trinajstić information content (AvgIpc) is 2.83. The molecule has 3 aromatic carbocycles. The first-order chi connectivity index (χ1) is 16.0. The van der Waals surface area contributed by atoms with Crippen molar-refractivity contribution in [2.75, 3.05) is 20.8 Å². The molecule has 33 heavy (non-hydrogen) atoms. The zero-order valence-electron chi connectivity index (χ0n) is 17.9. The van der Waals surface area contributed by atoms with Crippen LogP contribution in [-0.4, -0.2) is 38.9 Å². The summed E-state index contributed by atoms with van der Waals surface area (Å²) >= 11 is 3.33. The molecule has 0 bridgehead atoms. The average molecular weight is 513 g/mol. The van der Waals surface area contributed by atoms with Gasteiger partial charge in [0.25, 0.3) is 5.91 Å². The van der Waals surface area contributed by atoms with Crippen LogP contribution in [0, 0.1) is 0 Å². The Bertz CT molecular complexity index is 1150. The fourth-order valence-electron chi connectivity index (χ4n) is 2.65. The third kappa shape index (κ3) is 7.08. The number of rotatable bonds is 9. The molecule has 0 saturated carbocycles. The van der Waals surface area contributed by atoms with Crippen LogP contribution in [-0.2, 0) is 4.79 Å². The monoisotopic (exact) mass is 512 g/mol. The summed E-state index contributed by atoms with van der Waals surface area (Å²) in [5.41, 5.74) is 3.41. The lowest BCUT2D eigenvalue weighted by molar-refractivity contribution is -0.123. The minimum absolute atomic E-state index is 0.197. The molecule has 0 spiro atoms. The number of carbonyl (C=O) groups excluding carboxylic acids is 2. The second kappa shape index (κ2) is 11.7. The van der Waals surface area contributed by atoms with Gasteiger partial charge in [0, 0.05) is 4.47 Å². The van der Waals surface area contributed by atoms with Gasteiger partial charge < -0.3 is 18.9 Å². The van der Waals surface area contributed by atoms with E-state index in [2.05, 4.69) is 26.5 Å². The molecule has 0 aliphatic rings. The van der Waals surface area contributed by atoms with Crippen LogP contribution in [0.1, 0.15) is 15.9 Å². The molecule has 3 aromatic rings. The summed E-state index contributed by atoms with van der Waals surface area (Å²) in [6.07, 6.45) is 1.44. The zero-order chi connectivity index (χ0) is 23.6. The van der Waals surface area contributed by atoms with Gasteiger partial charge in [0.05, 0.1) is 26.0 Å². The molecule has 0 aromatic heterocycles. The maximum Gasteiger partial charge on any atom is 0.343 e. The van der Waals surface area contributed by atoms with E-state index in [0.717, 1.165) is 4.47 Å². The van der Waals surface area contributed by atoms with E-state index in [1.165, 1.54) is 13.3 Å². The van der Waals surface area contributed by atoms with Gasteiger partial charge in [-0.2, -0.15) is 5.10 Å². The van der Waals surface area contributed by atoms with Gasteiger partial charge in [0.1, 0.15) is 11.5 Å². The Morgan fingerprint density at radius 3 is 2.39 bits per heavy atom. The van der Waals surface area contributed by atoms with E-state index < -0.39 is 11.9 Å². The molecule has 0 radical (unpaired) electrons. The van der Waals surface area contributed by atoms with Crippen molar-refractivity contribution in [2.24, 2.45) is 5.10 Å². The first kappa shape index (κ1) is 23.8. The van der Waals surface area contributed by atoms with Crippen molar-refractivity contribution in [3.05, 3.63) is 82.3 Å². The second-order valence-electron chi connectivity index (χ2n) is 6.57. The molecule has 170 valence electrons. The van der Waals surface area contributed by atoms with Crippen LogP contribution in [0.3, 0.4) is 0 Å². The molecule has 3 rings (SSSR count). The van der Waals surface area contributed by atoms with Gasteiger partial charge in [-0.3, -0.25) is 4.79 Å². The van der Waals surface area contributed by atoms with Crippen molar-refractivity contribution in [3.63, 3.8) is 0 Å². The number of hydrogen-bond acceptors (Lipinski definition) is 7. The van der Waals surface area contributed by atoms with Crippen LogP contribution in [0.15, 0.2) is 76.3 Å². The van der Waals surface area contributed by atoms with Crippen molar-refractivity contribution >= 4 is 34.0 Å². The van der Waals surface area contributed by atoms with Gasteiger partial charge >= 0.3 is 5.97 Å². The topological polar surface area (TPSA) is 95.5 Å². The van der Waals surface area contributed by atoms with Gasteiger partial charge in [-0.05, 0) is 66.2 Å². The molecule has 0 atom stereocenters. The molecule has 0 aliphatic carbocycles. The number of nitrogens with zero attached hydrogens (tertiary/aromatic N) is 1. The molecule has 0 aliphatic heterocycles. The van der Waals surface area contributed by atoms with Gasteiger partial charge in [-0.15, -0.1) is 0 Å². The predicted octanol–water partition coefficient (Wildman–Crippen LogP) is 4.21. The minimum Gasteiger partial charge on any atom is -0.497 e. The van der Waals surface area contributed by atoms with Crippen LogP contribution < -0.4 is 24.4 Å². The quantitative estimate of drug-likeness (QED) is 0.199. The molecule has 9 heteroatoms. The summed E-state index contributed by atoms with van der Waals surface area (Å²) in [4.78, 5) is 24.3. The molecule has 0 saturated heterocycles. The third-order valence-corrected chi connectivity index (χ3v) is 4.78. The maximum absolute atomic E-state index is 12.4. The Morgan fingerprint density at radius 2 is 1.70 bits per heavy atom. The highest BCUT2D eigenvalue weighted by atomic mass is 79.9. The SMILES string of the molecule is COc1ccc(OCC(=O)N/N=C/c2ccc(OC(=O)c3cccc(Br)c3)c(OC)c2)cc1. The number of nitrogens with one attached hydrogen (secondary N) is 1. The normalized spacial score (nSPS) is 10.5. The smallest absolute Gasteiger partial charge is 0.343 e. The molecule has 0 heterocycles. The van der Waals surface area contributed by atoms with Crippen LogP contribution in [0.2, 0.25) is 0 Å². The molecule has 1 amide bonds. The van der Waals surface area contributed by atoms with Crippen LogP contribution in [0.5, 0.6) is 23.0 Å². The number of ether oxygens (including phenoxy) is 4. The Hall–Kier alpha value is -3.85. The van der Waals surface area contributed by atoms with E-state index in [0.29, 0.717) is 28.4 Å². The van der Waals surface area contributed by atoms with E-state index >= 15 is 0 Å². The lowest BCUT2D eigenvalue weighted by atomic mass is 10.2. The van der Waals surface area contributed by atoms with Gasteiger partial charge in [0.2, 0.25) is 0 Å². The van der Waals surface area contributed by atoms with Crippen molar-refractivity contribution in [2.45, 2.75) is 0 Å². The summed E-state index contributed by atoms with van der Waals surface area (Å²) < 4.78 is 22.0. The zero-order valence-corrected chi connectivity index (χ0v) is 19.5. The van der Waals surface area contributed by atoms with E-state index in [4.69, 9.17) is 18.9 Å². The molecular formula is C24H21BrN2O6. The van der Waals surface area contributed by atoms with Crippen molar-refractivity contribution in [1.82, 2.24) is 5.43 Å². The summed E-state index contributed by atoms with van der Waals surface area (Å²) in [7, 11) is 3.03. The van der Waals surface area contributed by atoms with Crippen molar-refractivity contribution in [3.8, 4) is 23.0 Å². The fourth-order valence-corrected chi connectivity index (χ4v) is 3.05. The Kier molecular flexibility index (Phi) is 8.43. The van der Waals surface area contributed by atoms with Crippen LogP contribution in [0.4, 0.5) is 0 Å². The number of amides is 1. The van der Waals surface area contributed by atoms with E-state index in [1.807, 2.05) is 6.07 Å². The summed E-state index contributed by atoms with van der Waals surface area (Å²) in [5.74, 6) is 0.898. The highest BCUT2D eigenvalue weighted by Gasteiger charge is 2.13. The van der Waals surface area contributed by atoms with Gasteiger partial charge in [0.15, 0.2) is 18.1 Å². The fraction of sp³-hybridized carbons (Fsp3) is 0.125. The highest BCUT2D eigenvalue weighted by Crippen LogP contribution is 2.28. The number of hydrazone groups is 1. The highest BCUT2D eigenvalue weighted by molar-refractivity contribution is 9.10. The lowest BCUT2D eigenvalue weighted by Crippen LogP contribution is -2.24.